The van der Waals surface area contributed by atoms with Crippen molar-refractivity contribution in [2.75, 3.05) is 5.32 Å². The van der Waals surface area contributed by atoms with Crippen molar-refractivity contribution in [1.29, 1.82) is 0 Å². The zero-order valence-electron chi connectivity index (χ0n) is 6.95. The maximum Gasteiger partial charge on any atom is 0.337 e. The third kappa shape index (κ3) is 2.81. The molecule has 0 spiro atoms. The molecule has 0 radical (unpaired) electrons. The first-order chi connectivity index (χ1) is 6.50. The highest BCUT2D eigenvalue weighted by molar-refractivity contribution is 14.1. The van der Waals surface area contributed by atoms with Crippen LogP contribution in [0.1, 0.15) is 10.4 Å². The lowest BCUT2D eigenvalue weighted by Gasteiger charge is -2.07. The summed E-state index contributed by atoms with van der Waals surface area (Å²) in [5.41, 5.74) is 5.82. The van der Waals surface area contributed by atoms with E-state index in [1.807, 2.05) is 22.6 Å². The molecule has 1 rings (SSSR count). The van der Waals surface area contributed by atoms with Gasteiger partial charge in [-0.2, -0.15) is 0 Å². The molecule has 74 valence electrons. The predicted molar refractivity (Wildman–Crippen MR) is 66.5 cm³/mol. The van der Waals surface area contributed by atoms with Crippen molar-refractivity contribution in [2.45, 2.75) is 0 Å². The summed E-state index contributed by atoms with van der Waals surface area (Å²) in [4.78, 5) is 10.8. The molecule has 0 aliphatic rings. The summed E-state index contributed by atoms with van der Waals surface area (Å²) in [7, 11) is 0. The molecular weight excluding hydrogens is 315 g/mol. The lowest BCUT2D eigenvalue weighted by Crippen LogP contribution is -2.20. The number of carboxylic acids is 1. The Morgan fingerprint density at radius 2 is 2.21 bits per heavy atom. The van der Waals surface area contributed by atoms with Gasteiger partial charge < -0.3 is 16.2 Å². The minimum atomic E-state index is -1.01. The maximum absolute atomic E-state index is 10.8. The van der Waals surface area contributed by atoms with Crippen molar-refractivity contribution in [3.63, 3.8) is 0 Å². The standard InChI is InChI=1S/C8H7IN2O2S/c9-4-1-2-6(11-8(10)14)5(3-4)7(12)13/h1-3H,(H,12,13)(H3,10,11,14). The van der Waals surface area contributed by atoms with Crippen LogP contribution in [0.25, 0.3) is 0 Å². The van der Waals surface area contributed by atoms with Gasteiger partial charge in [0, 0.05) is 3.57 Å². The van der Waals surface area contributed by atoms with Crippen LogP contribution >= 0.6 is 34.8 Å². The van der Waals surface area contributed by atoms with E-state index in [1.54, 1.807) is 18.2 Å². The van der Waals surface area contributed by atoms with E-state index < -0.39 is 5.97 Å². The normalized spacial score (nSPS) is 9.50. The Labute approximate surface area is 99.6 Å². The molecule has 1 aromatic rings. The quantitative estimate of drug-likeness (QED) is 0.570. The first-order valence-electron chi connectivity index (χ1n) is 3.60. The number of nitrogens with two attached hydrogens (primary N) is 1. The summed E-state index contributed by atoms with van der Waals surface area (Å²) < 4.78 is 0.841. The van der Waals surface area contributed by atoms with Crippen LogP contribution in [0.4, 0.5) is 5.69 Å². The Kier molecular flexibility index (Phi) is 3.64. The second kappa shape index (κ2) is 4.56. The van der Waals surface area contributed by atoms with Gasteiger partial charge in [0.25, 0.3) is 0 Å². The van der Waals surface area contributed by atoms with Gasteiger partial charge in [0.1, 0.15) is 0 Å². The first-order valence-corrected chi connectivity index (χ1v) is 5.08. The average molecular weight is 322 g/mol. The minimum Gasteiger partial charge on any atom is -0.478 e. The van der Waals surface area contributed by atoms with Gasteiger partial charge >= 0.3 is 5.97 Å². The molecule has 4 N–H and O–H groups in total. The number of carbonyl (C=O) groups is 1. The number of rotatable bonds is 2. The molecule has 0 bridgehead atoms. The molecule has 0 aliphatic heterocycles. The van der Waals surface area contributed by atoms with Crippen LogP contribution in [0, 0.1) is 3.57 Å². The van der Waals surface area contributed by atoms with Gasteiger partial charge in [-0.05, 0) is 53.0 Å². The van der Waals surface area contributed by atoms with Crippen LogP contribution in [-0.2, 0) is 0 Å². The molecule has 0 fully saturated rings. The molecule has 0 heterocycles. The van der Waals surface area contributed by atoms with Crippen LogP contribution < -0.4 is 11.1 Å². The number of hydrogen-bond acceptors (Lipinski definition) is 2. The molecule has 0 saturated heterocycles. The monoisotopic (exact) mass is 322 g/mol. The zero-order valence-corrected chi connectivity index (χ0v) is 9.93. The Balaban J connectivity index is 3.14. The molecule has 0 unspecified atom stereocenters. The van der Waals surface area contributed by atoms with E-state index in [2.05, 4.69) is 17.5 Å². The summed E-state index contributed by atoms with van der Waals surface area (Å²) in [6.45, 7) is 0. The van der Waals surface area contributed by atoms with Gasteiger partial charge in [-0.3, -0.25) is 0 Å². The average Bonchev–Trinajstić information content (AvgIpc) is 2.07. The van der Waals surface area contributed by atoms with Gasteiger partial charge in [-0.15, -0.1) is 0 Å². The summed E-state index contributed by atoms with van der Waals surface area (Å²) in [5, 5.41) is 11.5. The van der Waals surface area contributed by atoms with Crippen molar-refractivity contribution in [1.82, 2.24) is 0 Å². The van der Waals surface area contributed by atoms with E-state index in [0.29, 0.717) is 5.69 Å². The van der Waals surface area contributed by atoms with Crippen LogP contribution in [0.2, 0.25) is 0 Å². The molecule has 1 aromatic carbocycles. The number of aromatic carboxylic acids is 1. The molecule has 0 atom stereocenters. The second-order valence-electron chi connectivity index (χ2n) is 2.48. The van der Waals surface area contributed by atoms with Gasteiger partial charge in [-0.1, -0.05) is 0 Å². The third-order valence-electron chi connectivity index (χ3n) is 1.47. The summed E-state index contributed by atoms with van der Waals surface area (Å²) in [6, 6.07) is 4.95. The lowest BCUT2D eigenvalue weighted by atomic mass is 10.2. The summed E-state index contributed by atoms with van der Waals surface area (Å²) in [5.74, 6) is -1.01. The van der Waals surface area contributed by atoms with Crippen molar-refractivity contribution >= 4 is 51.6 Å². The van der Waals surface area contributed by atoms with Crippen molar-refractivity contribution in [3.05, 3.63) is 27.3 Å². The smallest absolute Gasteiger partial charge is 0.337 e. The highest BCUT2D eigenvalue weighted by Gasteiger charge is 2.10. The van der Waals surface area contributed by atoms with Crippen LogP contribution in [0.3, 0.4) is 0 Å². The fourth-order valence-corrected chi connectivity index (χ4v) is 1.54. The summed E-state index contributed by atoms with van der Waals surface area (Å²) in [6.07, 6.45) is 0. The lowest BCUT2D eigenvalue weighted by molar-refractivity contribution is 0.0698. The Hall–Kier alpha value is -0.890. The largest absolute Gasteiger partial charge is 0.478 e. The van der Waals surface area contributed by atoms with Gasteiger partial charge in [-0.25, -0.2) is 4.79 Å². The number of halogens is 1. The fourth-order valence-electron chi connectivity index (χ4n) is 0.935. The summed E-state index contributed by atoms with van der Waals surface area (Å²) >= 11 is 6.66. The zero-order chi connectivity index (χ0) is 10.7. The van der Waals surface area contributed by atoms with E-state index in [-0.39, 0.29) is 10.7 Å². The number of hydrogen-bond donors (Lipinski definition) is 3. The molecule has 0 amide bonds. The van der Waals surface area contributed by atoms with Gasteiger partial charge in [0.15, 0.2) is 5.11 Å². The van der Waals surface area contributed by atoms with E-state index >= 15 is 0 Å². The number of nitrogens with one attached hydrogen (secondary N) is 1. The molecule has 4 nitrogen and oxygen atoms in total. The van der Waals surface area contributed by atoms with Crippen molar-refractivity contribution in [2.24, 2.45) is 5.73 Å². The minimum absolute atomic E-state index is 0.0497. The predicted octanol–water partition coefficient (Wildman–Crippen LogP) is 1.64. The molecule has 0 aromatic heterocycles. The topological polar surface area (TPSA) is 75.3 Å². The first kappa shape index (κ1) is 11.2. The molecule has 14 heavy (non-hydrogen) atoms. The molecule has 0 aliphatic carbocycles. The van der Waals surface area contributed by atoms with Crippen LogP contribution in [0.5, 0.6) is 0 Å². The van der Waals surface area contributed by atoms with E-state index in [1.165, 1.54) is 0 Å². The number of thiocarbonyl (C=S) groups is 1. The van der Waals surface area contributed by atoms with E-state index in [4.69, 9.17) is 10.8 Å². The maximum atomic E-state index is 10.8. The van der Waals surface area contributed by atoms with Gasteiger partial charge in [0.2, 0.25) is 0 Å². The molecule has 6 heteroatoms. The van der Waals surface area contributed by atoms with Gasteiger partial charge in [0.05, 0.1) is 11.3 Å². The van der Waals surface area contributed by atoms with Crippen molar-refractivity contribution in [3.8, 4) is 0 Å². The van der Waals surface area contributed by atoms with Crippen molar-refractivity contribution < 1.29 is 9.90 Å². The second-order valence-corrected chi connectivity index (χ2v) is 4.17. The third-order valence-corrected chi connectivity index (χ3v) is 2.24. The Morgan fingerprint density at radius 3 is 2.71 bits per heavy atom. The fraction of sp³-hybridized carbons (Fsp3) is 0. The Bertz CT molecular complexity index is 395. The van der Waals surface area contributed by atoms with Crippen LogP contribution in [-0.4, -0.2) is 16.2 Å². The van der Waals surface area contributed by atoms with E-state index in [9.17, 15) is 4.79 Å². The van der Waals surface area contributed by atoms with E-state index in [0.717, 1.165) is 3.57 Å². The molecule has 0 saturated carbocycles. The highest BCUT2D eigenvalue weighted by atomic mass is 127. The highest BCUT2D eigenvalue weighted by Crippen LogP contribution is 2.18. The SMILES string of the molecule is NC(=S)Nc1ccc(I)cc1C(=O)O. The number of benzene rings is 1. The number of anilines is 1. The van der Waals surface area contributed by atoms with Crippen LogP contribution in [0.15, 0.2) is 18.2 Å². The molecular formula is C8H7IN2O2S. The number of carboxylic acid groups (broad SMARTS) is 1. The Morgan fingerprint density at radius 1 is 1.57 bits per heavy atom.